The average Bonchev–Trinajstić information content (AvgIpc) is 2.91. The molecule has 2 aliphatic rings. The molecule has 6 heteroatoms. The highest BCUT2D eigenvalue weighted by molar-refractivity contribution is 6.11. The van der Waals surface area contributed by atoms with Crippen LogP contribution in [0, 0.1) is 19.8 Å². The zero-order chi connectivity index (χ0) is 20.5. The monoisotopic (exact) mass is 387 g/mol. The number of amides is 3. The predicted octanol–water partition coefficient (Wildman–Crippen LogP) is 3.98. The van der Waals surface area contributed by atoms with Gasteiger partial charge in [0.2, 0.25) is 0 Å². The third-order valence-electron chi connectivity index (χ3n) is 6.31. The highest BCUT2D eigenvalue weighted by atomic mass is 16.2. The fourth-order valence-corrected chi connectivity index (χ4v) is 4.53. The topological polar surface area (TPSA) is 71.4 Å². The number of aryl methyl sites for hydroxylation is 1. The first-order valence-electron chi connectivity index (χ1n) is 10.6. The second-order valence-corrected chi connectivity index (χ2v) is 8.86. The minimum Gasteiger partial charge on any atom is -0.348 e. The van der Waals surface area contributed by atoms with Crippen LogP contribution < -0.4 is 5.32 Å². The van der Waals surface area contributed by atoms with E-state index in [9.17, 15) is 14.4 Å². The number of rotatable bonds is 6. The lowest BCUT2D eigenvalue weighted by Gasteiger charge is -2.24. The zero-order valence-corrected chi connectivity index (χ0v) is 17.6. The van der Waals surface area contributed by atoms with Crippen molar-refractivity contribution in [3.63, 3.8) is 0 Å². The van der Waals surface area contributed by atoms with E-state index < -0.39 is 11.6 Å². The van der Waals surface area contributed by atoms with Crippen molar-refractivity contribution in [2.45, 2.75) is 84.7 Å². The summed E-state index contributed by atoms with van der Waals surface area (Å²) in [7, 11) is 0. The number of hydrogen-bond acceptors (Lipinski definition) is 3. The molecule has 0 unspecified atom stereocenters. The minimum absolute atomic E-state index is 0.168. The van der Waals surface area contributed by atoms with Gasteiger partial charge in [0.1, 0.15) is 5.54 Å². The summed E-state index contributed by atoms with van der Waals surface area (Å²) in [5.74, 6) is 0.196. The van der Waals surface area contributed by atoms with Crippen molar-refractivity contribution < 1.29 is 14.4 Å². The van der Waals surface area contributed by atoms with E-state index >= 15 is 0 Å². The fraction of sp³-hybridized carbons (Fsp3) is 0.682. The van der Waals surface area contributed by atoms with Gasteiger partial charge < -0.3 is 9.88 Å². The van der Waals surface area contributed by atoms with E-state index in [-0.39, 0.29) is 18.2 Å². The molecule has 154 valence electrons. The Morgan fingerprint density at radius 1 is 1.14 bits per heavy atom. The van der Waals surface area contributed by atoms with Gasteiger partial charge in [-0.1, -0.05) is 39.5 Å². The zero-order valence-electron chi connectivity index (χ0n) is 17.6. The molecule has 1 N–H and O–H groups in total. The Labute approximate surface area is 167 Å². The van der Waals surface area contributed by atoms with Crippen LogP contribution in [0.25, 0.3) is 0 Å². The first kappa shape index (κ1) is 20.6. The fourth-order valence-electron chi connectivity index (χ4n) is 4.53. The molecule has 0 bridgehead atoms. The molecule has 0 atom stereocenters. The van der Waals surface area contributed by atoms with E-state index in [0.29, 0.717) is 24.3 Å². The van der Waals surface area contributed by atoms with Crippen molar-refractivity contribution in [1.82, 2.24) is 14.8 Å². The Hall–Kier alpha value is -2.11. The summed E-state index contributed by atoms with van der Waals surface area (Å²) >= 11 is 0. The maximum absolute atomic E-state index is 13.0. The average molecular weight is 388 g/mol. The molecule has 1 aliphatic heterocycles. The Bertz CT molecular complexity index is 770. The SMILES string of the molecule is Cc1cc(C(=O)CN2C(=O)NC3(CCCCCC3)C2=O)c(C)n1CCC(C)C. The largest absolute Gasteiger partial charge is 0.348 e. The number of urea groups is 1. The van der Waals surface area contributed by atoms with E-state index in [1.807, 2.05) is 19.9 Å². The molecule has 0 radical (unpaired) electrons. The predicted molar refractivity (Wildman–Crippen MR) is 108 cm³/mol. The number of carbonyl (C=O) groups excluding carboxylic acids is 3. The highest BCUT2D eigenvalue weighted by Gasteiger charge is 2.51. The molecule has 2 heterocycles. The standard InChI is InChI=1S/C22H33N3O3/c1-15(2)9-12-24-16(3)13-18(17(24)4)19(26)14-25-20(27)22(23-21(25)28)10-7-5-6-8-11-22/h13,15H,5-12,14H2,1-4H3,(H,23,28). The number of aromatic nitrogens is 1. The lowest BCUT2D eigenvalue weighted by atomic mass is 9.90. The van der Waals surface area contributed by atoms with Crippen LogP contribution in [0.3, 0.4) is 0 Å². The number of carbonyl (C=O) groups is 3. The van der Waals surface area contributed by atoms with Crippen molar-refractivity contribution >= 4 is 17.7 Å². The molecule has 1 aromatic rings. The summed E-state index contributed by atoms with van der Waals surface area (Å²) < 4.78 is 2.16. The number of ketones is 1. The van der Waals surface area contributed by atoms with Gasteiger partial charge in [-0.15, -0.1) is 0 Å². The lowest BCUT2D eigenvalue weighted by molar-refractivity contribution is -0.131. The van der Waals surface area contributed by atoms with Crippen LogP contribution in [-0.4, -0.2) is 39.3 Å². The van der Waals surface area contributed by atoms with Crippen molar-refractivity contribution in [2.24, 2.45) is 5.92 Å². The lowest BCUT2D eigenvalue weighted by Crippen LogP contribution is -2.46. The Morgan fingerprint density at radius 2 is 1.79 bits per heavy atom. The second kappa shape index (κ2) is 8.10. The van der Waals surface area contributed by atoms with Gasteiger partial charge in [-0.05, 0) is 45.1 Å². The van der Waals surface area contributed by atoms with Crippen LogP contribution in [0.15, 0.2) is 6.07 Å². The van der Waals surface area contributed by atoms with Crippen molar-refractivity contribution in [2.75, 3.05) is 6.54 Å². The second-order valence-electron chi connectivity index (χ2n) is 8.86. The Balaban J connectivity index is 1.75. The number of Topliss-reactive ketones (excluding diaryl/α,β-unsaturated/α-hetero) is 1. The maximum atomic E-state index is 13.0. The van der Waals surface area contributed by atoms with Gasteiger partial charge in [-0.2, -0.15) is 0 Å². The van der Waals surface area contributed by atoms with Gasteiger partial charge >= 0.3 is 6.03 Å². The van der Waals surface area contributed by atoms with Crippen LogP contribution in [0.4, 0.5) is 4.79 Å². The van der Waals surface area contributed by atoms with Gasteiger partial charge in [-0.3, -0.25) is 14.5 Å². The quantitative estimate of drug-likeness (QED) is 0.593. The Morgan fingerprint density at radius 3 is 2.39 bits per heavy atom. The summed E-state index contributed by atoms with van der Waals surface area (Å²) in [5, 5.41) is 2.91. The highest BCUT2D eigenvalue weighted by Crippen LogP contribution is 2.33. The van der Waals surface area contributed by atoms with Crippen LogP contribution in [0.1, 0.15) is 80.5 Å². The summed E-state index contributed by atoms with van der Waals surface area (Å²) in [6.45, 7) is 9.00. The normalized spacial score (nSPS) is 19.4. The van der Waals surface area contributed by atoms with E-state index in [1.165, 1.54) is 0 Å². The van der Waals surface area contributed by atoms with Crippen LogP contribution in [0.2, 0.25) is 0 Å². The molecule has 0 aromatic carbocycles. The maximum Gasteiger partial charge on any atom is 0.325 e. The van der Waals surface area contributed by atoms with Crippen molar-refractivity contribution in [1.29, 1.82) is 0 Å². The summed E-state index contributed by atoms with van der Waals surface area (Å²) in [5.41, 5.74) is 1.78. The molecule has 3 amide bonds. The number of nitrogens with zero attached hydrogens (tertiary/aromatic N) is 2. The van der Waals surface area contributed by atoms with Crippen LogP contribution in [-0.2, 0) is 11.3 Å². The van der Waals surface area contributed by atoms with Gasteiger partial charge in [0, 0.05) is 23.5 Å². The molecular weight excluding hydrogens is 354 g/mol. The number of hydrogen-bond donors (Lipinski definition) is 1. The minimum atomic E-state index is -0.790. The van der Waals surface area contributed by atoms with Gasteiger partial charge in [0.15, 0.2) is 5.78 Å². The first-order valence-corrected chi connectivity index (χ1v) is 10.6. The van der Waals surface area contributed by atoms with Crippen molar-refractivity contribution in [3.8, 4) is 0 Å². The Kier molecular flexibility index (Phi) is 5.96. The molecule has 1 aliphatic carbocycles. The van der Waals surface area contributed by atoms with Crippen molar-refractivity contribution in [3.05, 3.63) is 23.0 Å². The molecule has 3 rings (SSSR count). The van der Waals surface area contributed by atoms with Gasteiger partial charge in [0.05, 0.1) is 6.54 Å². The first-order chi connectivity index (χ1) is 13.2. The van der Waals surface area contributed by atoms with E-state index in [1.54, 1.807) is 0 Å². The number of imide groups is 1. The van der Waals surface area contributed by atoms with Gasteiger partial charge in [0.25, 0.3) is 5.91 Å². The smallest absolute Gasteiger partial charge is 0.325 e. The van der Waals surface area contributed by atoms with E-state index in [0.717, 1.165) is 54.9 Å². The molecule has 6 nitrogen and oxygen atoms in total. The molecule has 1 spiro atoms. The van der Waals surface area contributed by atoms with E-state index in [4.69, 9.17) is 0 Å². The molecular formula is C22H33N3O3. The summed E-state index contributed by atoms with van der Waals surface area (Å²) in [6.07, 6.45) is 6.44. The third-order valence-corrected chi connectivity index (χ3v) is 6.31. The number of nitrogens with one attached hydrogen (secondary N) is 1. The summed E-state index contributed by atoms with van der Waals surface area (Å²) in [4.78, 5) is 39.6. The van der Waals surface area contributed by atoms with Crippen LogP contribution >= 0.6 is 0 Å². The molecule has 1 saturated heterocycles. The van der Waals surface area contributed by atoms with Crippen LogP contribution in [0.5, 0.6) is 0 Å². The molecule has 1 saturated carbocycles. The van der Waals surface area contributed by atoms with E-state index in [2.05, 4.69) is 23.7 Å². The summed E-state index contributed by atoms with van der Waals surface area (Å²) in [6, 6.07) is 1.46. The third kappa shape index (κ3) is 3.87. The molecule has 1 aromatic heterocycles. The molecule has 28 heavy (non-hydrogen) atoms. The molecule has 2 fully saturated rings. The van der Waals surface area contributed by atoms with Gasteiger partial charge in [-0.25, -0.2) is 4.79 Å².